The molecule has 0 radical (unpaired) electrons. The molecule has 3 aromatic rings. The van der Waals surface area contributed by atoms with Crippen molar-refractivity contribution in [3.8, 4) is 0 Å². The van der Waals surface area contributed by atoms with Crippen LogP contribution in [-0.4, -0.2) is 68.2 Å². The molecule has 170 valence electrons. The maximum Gasteiger partial charge on any atom is 0.417 e. The smallest absolute Gasteiger partial charge is 0.338 e. The molecule has 11 heteroatoms. The lowest BCUT2D eigenvalue weighted by atomic mass is 10.0. The first-order valence-electron chi connectivity index (χ1n) is 10.4. The summed E-state index contributed by atoms with van der Waals surface area (Å²) in [6, 6.07) is 7.36. The maximum absolute atomic E-state index is 12.9. The van der Waals surface area contributed by atoms with Gasteiger partial charge in [-0.05, 0) is 36.4 Å². The van der Waals surface area contributed by atoms with Crippen molar-refractivity contribution in [3.05, 3.63) is 59.4 Å². The highest BCUT2D eigenvalue weighted by atomic mass is 19.4. The second kappa shape index (κ2) is 7.98. The third kappa shape index (κ3) is 4.18. The fraction of sp³-hybridized carbons (Fsp3) is 0.318. The fourth-order valence-corrected chi connectivity index (χ4v) is 4.43. The predicted molar refractivity (Wildman–Crippen MR) is 112 cm³/mol. The Balaban J connectivity index is 1.17. The number of fused-ring (bicyclic) bond motifs is 2. The number of benzene rings is 1. The topological polar surface area (TPSA) is 95.1 Å². The van der Waals surface area contributed by atoms with Gasteiger partial charge in [0.1, 0.15) is 11.0 Å². The number of amides is 2. The van der Waals surface area contributed by atoms with Gasteiger partial charge >= 0.3 is 6.18 Å². The molecule has 2 saturated heterocycles. The van der Waals surface area contributed by atoms with Crippen LogP contribution in [0, 0.1) is 11.8 Å². The largest absolute Gasteiger partial charge is 0.417 e. The van der Waals surface area contributed by atoms with Crippen LogP contribution >= 0.6 is 0 Å². The van der Waals surface area contributed by atoms with Crippen LogP contribution in [0.4, 0.5) is 13.2 Å². The molecule has 2 aromatic heterocycles. The highest BCUT2D eigenvalue weighted by Gasteiger charge is 2.42. The average molecular weight is 456 g/mol. The molecule has 2 atom stereocenters. The molecule has 0 bridgehead atoms. The first-order valence-corrected chi connectivity index (χ1v) is 10.4. The van der Waals surface area contributed by atoms with Crippen molar-refractivity contribution in [2.75, 3.05) is 26.2 Å². The monoisotopic (exact) mass is 456 g/mol. The Kier molecular flexibility index (Phi) is 5.10. The summed E-state index contributed by atoms with van der Waals surface area (Å²) in [7, 11) is 0. The lowest BCUT2D eigenvalue weighted by Gasteiger charge is -2.21. The van der Waals surface area contributed by atoms with Crippen LogP contribution in [0.1, 0.15) is 21.6 Å². The van der Waals surface area contributed by atoms with Gasteiger partial charge in [0, 0.05) is 55.9 Å². The lowest BCUT2D eigenvalue weighted by molar-refractivity contribution is -0.137. The van der Waals surface area contributed by atoms with Gasteiger partial charge in [-0.2, -0.15) is 28.6 Å². The van der Waals surface area contributed by atoms with Gasteiger partial charge in [0.2, 0.25) is 5.91 Å². The molecule has 2 fully saturated rings. The second-order valence-electron chi connectivity index (χ2n) is 8.30. The summed E-state index contributed by atoms with van der Waals surface area (Å²) < 4.78 is 37.9. The molecule has 4 heterocycles. The van der Waals surface area contributed by atoms with Crippen molar-refractivity contribution >= 4 is 28.9 Å². The molecule has 2 aliphatic rings. The summed E-state index contributed by atoms with van der Waals surface area (Å²) in [4.78, 5) is 32.7. The SMILES string of the molecule is O=C(C=Cc1ccc(C(F)(F)F)cn1)N1C[C@@H]2CN(C(=O)c3ccc4n[nH]nc4c3)C[C@H]2C1. The molecule has 0 aliphatic carbocycles. The van der Waals surface area contributed by atoms with Crippen molar-refractivity contribution in [2.45, 2.75) is 6.18 Å². The van der Waals surface area contributed by atoms with Gasteiger partial charge in [-0.3, -0.25) is 14.6 Å². The van der Waals surface area contributed by atoms with Gasteiger partial charge in [0.05, 0.1) is 11.3 Å². The molecule has 33 heavy (non-hydrogen) atoms. The van der Waals surface area contributed by atoms with Crippen LogP contribution in [0.25, 0.3) is 17.1 Å². The summed E-state index contributed by atoms with van der Waals surface area (Å²) in [5.74, 6) is 0.0819. The van der Waals surface area contributed by atoms with E-state index in [1.54, 1.807) is 28.0 Å². The summed E-state index contributed by atoms with van der Waals surface area (Å²) in [6.07, 6.45) is -0.966. The molecular weight excluding hydrogens is 437 g/mol. The summed E-state index contributed by atoms with van der Waals surface area (Å²) in [5.41, 5.74) is 1.32. The Hall–Kier alpha value is -3.76. The number of aromatic amines is 1. The number of carbonyl (C=O) groups is 2. The van der Waals surface area contributed by atoms with Crippen molar-refractivity contribution in [1.82, 2.24) is 30.2 Å². The lowest BCUT2D eigenvalue weighted by Crippen LogP contribution is -2.35. The van der Waals surface area contributed by atoms with E-state index in [0.717, 1.165) is 12.3 Å². The number of rotatable bonds is 3. The summed E-state index contributed by atoms with van der Waals surface area (Å²) in [5, 5.41) is 10.5. The van der Waals surface area contributed by atoms with Gasteiger partial charge in [0.25, 0.3) is 5.91 Å². The third-order valence-electron chi connectivity index (χ3n) is 6.16. The summed E-state index contributed by atoms with van der Waals surface area (Å²) in [6.45, 7) is 2.18. The van der Waals surface area contributed by atoms with Crippen LogP contribution in [0.5, 0.6) is 0 Å². The number of alkyl halides is 3. The zero-order chi connectivity index (χ0) is 23.2. The van der Waals surface area contributed by atoms with E-state index in [0.29, 0.717) is 42.8 Å². The van der Waals surface area contributed by atoms with Crippen molar-refractivity contribution in [2.24, 2.45) is 11.8 Å². The number of hydrogen-bond donors (Lipinski definition) is 1. The molecule has 1 aromatic carbocycles. The van der Waals surface area contributed by atoms with Crippen LogP contribution in [0.2, 0.25) is 0 Å². The van der Waals surface area contributed by atoms with Gasteiger partial charge < -0.3 is 9.80 Å². The molecular formula is C22H19F3N6O2. The molecule has 2 aliphatic heterocycles. The van der Waals surface area contributed by atoms with Gasteiger partial charge in [-0.25, -0.2) is 0 Å². The maximum atomic E-state index is 12.9. The number of nitrogens with one attached hydrogen (secondary N) is 1. The average Bonchev–Trinajstić information content (AvgIpc) is 3.50. The molecule has 0 saturated carbocycles. The predicted octanol–water partition coefficient (Wildman–Crippen LogP) is 2.62. The van der Waals surface area contributed by atoms with E-state index in [1.165, 1.54) is 18.2 Å². The molecule has 5 rings (SSSR count). The van der Waals surface area contributed by atoms with E-state index in [2.05, 4.69) is 20.4 Å². The molecule has 0 spiro atoms. The van der Waals surface area contributed by atoms with Gasteiger partial charge in [0.15, 0.2) is 0 Å². The normalized spacial score (nSPS) is 20.7. The van der Waals surface area contributed by atoms with Crippen molar-refractivity contribution < 1.29 is 22.8 Å². The first kappa shape index (κ1) is 21.1. The van der Waals surface area contributed by atoms with E-state index in [9.17, 15) is 22.8 Å². The van der Waals surface area contributed by atoms with Crippen molar-refractivity contribution in [1.29, 1.82) is 0 Å². The molecule has 0 unspecified atom stereocenters. The minimum atomic E-state index is -4.45. The fourth-order valence-electron chi connectivity index (χ4n) is 4.43. The zero-order valence-electron chi connectivity index (χ0n) is 17.3. The van der Waals surface area contributed by atoms with E-state index in [4.69, 9.17) is 0 Å². The van der Waals surface area contributed by atoms with E-state index in [1.807, 2.05) is 0 Å². The molecule has 8 nitrogen and oxygen atoms in total. The van der Waals surface area contributed by atoms with Crippen LogP contribution in [0.15, 0.2) is 42.6 Å². The minimum absolute atomic E-state index is 0.0690. The number of aromatic nitrogens is 4. The molecule has 2 amide bonds. The van der Waals surface area contributed by atoms with E-state index in [-0.39, 0.29) is 29.3 Å². The number of likely N-dealkylation sites (tertiary alicyclic amines) is 2. The van der Waals surface area contributed by atoms with Crippen LogP contribution in [-0.2, 0) is 11.0 Å². The third-order valence-corrected chi connectivity index (χ3v) is 6.16. The number of nitrogens with zero attached hydrogens (tertiary/aromatic N) is 5. The number of H-pyrrole nitrogens is 1. The van der Waals surface area contributed by atoms with Gasteiger partial charge in [-0.15, -0.1) is 0 Å². The quantitative estimate of drug-likeness (QED) is 0.612. The van der Waals surface area contributed by atoms with Gasteiger partial charge in [-0.1, -0.05) is 0 Å². The second-order valence-corrected chi connectivity index (χ2v) is 8.30. The zero-order valence-corrected chi connectivity index (χ0v) is 17.3. The Bertz CT molecular complexity index is 1220. The Labute approximate surface area is 186 Å². The number of halogens is 3. The minimum Gasteiger partial charge on any atom is -0.338 e. The number of carbonyl (C=O) groups excluding carboxylic acids is 2. The number of pyridine rings is 1. The Morgan fingerprint density at radius 1 is 0.970 bits per heavy atom. The van der Waals surface area contributed by atoms with E-state index >= 15 is 0 Å². The Morgan fingerprint density at radius 2 is 1.67 bits per heavy atom. The number of hydrogen-bond acceptors (Lipinski definition) is 5. The highest BCUT2D eigenvalue weighted by molar-refractivity contribution is 5.97. The Morgan fingerprint density at radius 3 is 2.33 bits per heavy atom. The van der Waals surface area contributed by atoms with Crippen molar-refractivity contribution in [3.63, 3.8) is 0 Å². The van der Waals surface area contributed by atoms with Crippen LogP contribution in [0.3, 0.4) is 0 Å². The van der Waals surface area contributed by atoms with E-state index < -0.39 is 11.7 Å². The standard InChI is InChI=1S/C22H19F3N6O2/c23-22(24,25)16-2-3-17(26-8-16)4-6-20(32)30-9-14-11-31(12-15(14)10-30)21(33)13-1-5-18-19(7-13)28-29-27-18/h1-8,14-15H,9-12H2,(H,27,28,29)/t14-,15-/m1/s1. The highest BCUT2D eigenvalue weighted by Crippen LogP contribution is 2.32. The molecule has 1 N–H and O–H groups in total. The van der Waals surface area contributed by atoms with Crippen LogP contribution < -0.4 is 0 Å². The first-order chi connectivity index (χ1) is 15.8. The summed E-state index contributed by atoms with van der Waals surface area (Å²) >= 11 is 0.